The molecule has 1 saturated heterocycles. The highest BCUT2D eigenvalue weighted by molar-refractivity contribution is 5.69. The first kappa shape index (κ1) is 14.0. The van der Waals surface area contributed by atoms with Gasteiger partial charge in [-0.15, -0.1) is 0 Å². The highest BCUT2D eigenvalue weighted by atomic mass is 16.6. The molecule has 0 bridgehead atoms. The maximum absolute atomic E-state index is 11.6. The van der Waals surface area contributed by atoms with Gasteiger partial charge in [0.05, 0.1) is 6.61 Å². The summed E-state index contributed by atoms with van der Waals surface area (Å²) in [5.74, 6) is 0. The van der Waals surface area contributed by atoms with Crippen LogP contribution in [0.5, 0.6) is 0 Å². The number of carbonyl (C=O) groups is 2. The third-order valence-corrected chi connectivity index (χ3v) is 3.21. The van der Waals surface area contributed by atoms with E-state index in [-0.39, 0.29) is 6.09 Å². The Morgan fingerprint density at radius 2 is 2.06 bits per heavy atom. The molecule has 0 spiro atoms. The number of methoxy groups -OCH3 is 1. The molecule has 0 aromatic rings. The van der Waals surface area contributed by atoms with Crippen LogP contribution in [0.25, 0.3) is 0 Å². The normalized spacial score (nSPS) is 18.8. The minimum absolute atomic E-state index is 0.283. The van der Waals surface area contributed by atoms with Gasteiger partial charge >= 0.3 is 6.09 Å². The number of unbranched alkanes of at least 4 members (excludes halogenated alkanes) is 1. The zero-order chi connectivity index (χ0) is 12.7. The largest absolute Gasteiger partial charge is 0.449 e. The summed E-state index contributed by atoms with van der Waals surface area (Å²) in [6.45, 7) is 3.54. The molecule has 0 N–H and O–H groups in total. The number of carbonyl (C=O) groups excluding carboxylic acids is 2. The van der Waals surface area contributed by atoms with Gasteiger partial charge in [0.2, 0.25) is 0 Å². The number of hydrogen-bond donors (Lipinski definition) is 0. The van der Waals surface area contributed by atoms with Gasteiger partial charge < -0.3 is 19.2 Å². The Labute approximate surface area is 102 Å². The van der Waals surface area contributed by atoms with Crippen LogP contribution in [0, 0.1) is 0 Å². The number of ether oxygens (including phenoxy) is 2. The third kappa shape index (κ3) is 3.70. The summed E-state index contributed by atoms with van der Waals surface area (Å²) < 4.78 is 10.3. The molecule has 0 aliphatic carbocycles. The second-order valence-electron chi connectivity index (χ2n) is 4.34. The molecule has 1 aliphatic rings. The van der Waals surface area contributed by atoms with E-state index < -0.39 is 5.60 Å². The van der Waals surface area contributed by atoms with Gasteiger partial charge in [0.15, 0.2) is 6.29 Å². The van der Waals surface area contributed by atoms with Gasteiger partial charge in [-0.1, -0.05) is 13.3 Å². The third-order valence-electron chi connectivity index (χ3n) is 3.21. The second-order valence-corrected chi connectivity index (χ2v) is 4.34. The van der Waals surface area contributed by atoms with E-state index in [4.69, 9.17) is 9.47 Å². The first-order chi connectivity index (χ1) is 8.17. The lowest BCUT2D eigenvalue weighted by Gasteiger charge is -2.36. The molecule has 0 aromatic carbocycles. The van der Waals surface area contributed by atoms with Gasteiger partial charge in [-0.25, -0.2) is 4.79 Å². The van der Waals surface area contributed by atoms with Crippen molar-refractivity contribution in [2.24, 2.45) is 0 Å². The fraction of sp³-hybridized carbons (Fsp3) is 0.833. The Morgan fingerprint density at radius 3 is 2.53 bits per heavy atom. The fourth-order valence-corrected chi connectivity index (χ4v) is 1.83. The number of aldehydes is 1. The zero-order valence-electron chi connectivity index (χ0n) is 10.6. The maximum Gasteiger partial charge on any atom is 0.409 e. The molecule has 1 amide bonds. The highest BCUT2D eigenvalue weighted by Gasteiger charge is 2.36. The smallest absolute Gasteiger partial charge is 0.409 e. The molecule has 0 unspecified atom stereocenters. The predicted octanol–water partition coefficient (Wildman–Crippen LogP) is 1.60. The quantitative estimate of drug-likeness (QED) is 0.543. The molecule has 1 fully saturated rings. The Bertz CT molecular complexity index is 259. The average molecular weight is 243 g/mol. The maximum atomic E-state index is 11.6. The zero-order valence-corrected chi connectivity index (χ0v) is 10.6. The van der Waals surface area contributed by atoms with Crippen LogP contribution in [0.15, 0.2) is 0 Å². The van der Waals surface area contributed by atoms with Crippen LogP contribution in [0.2, 0.25) is 0 Å². The second kappa shape index (κ2) is 6.59. The van der Waals surface area contributed by atoms with Crippen molar-refractivity contribution in [3.63, 3.8) is 0 Å². The monoisotopic (exact) mass is 243 g/mol. The van der Waals surface area contributed by atoms with Gasteiger partial charge in [-0.2, -0.15) is 0 Å². The van der Waals surface area contributed by atoms with Crippen molar-refractivity contribution in [2.75, 3.05) is 26.8 Å². The molecule has 0 radical (unpaired) electrons. The molecule has 0 saturated carbocycles. The number of hydrogen-bond acceptors (Lipinski definition) is 4. The molecule has 1 heterocycles. The summed E-state index contributed by atoms with van der Waals surface area (Å²) in [6, 6.07) is 0. The number of rotatable bonds is 5. The van der Waals surface area contributed by atoms with E-state index in [0.717, 1.165) is 19.1 Å². The molecule has 0 atom stereocenters. The van der Waals surface area contributed by atoms with Crippen molar-refractivity contribution in [3.8, 4) is 0 Å². The van der Waals surface area contributed by atoms with E-state index in [0.29, 0.717) is 32.5 Å². The number of likely N-dealkylation sites (tertiary alicyclic amines) is 1. The van der Waals surface area contributed by atoms with Gasteiger partial charge in [0.1, 0.15) is 5.60 Å². The molecular weight excluding hydrogens is 222 g/mol. The van der Waals surface area contributed by atoms with Crippen molar-refractivity contribution in [3.05, 3.63) is 0 Å². The Hall–Kier alpha value is -1.10. The van der Waals surface area contributed by atoms with Crippen LogP contribution in [0.1, 0.15) is 32.6 Å². The summed E-state index contributed by atoms with van der Waals surface area (Å²) in [5.41, 5.74) is -0.708. The van der Waals surface area contributed by atoms with Crippen molar-refractivity contribution in [1.29, 1.82) is 0 Å². The van der Waals surface area contributed by atoms with E-state index in [9.17, 15) is 9.59 Å². The summed E-state index contributed by atoms with van der Waals surface area (Å²) in [6.07, 6.45) is 3.52. The number of amides is 1. The van der Waals surface area contributed by atoms with Crippen molar-refractivity contribution < 1.29 is 19.1 Å². The minimum atomic E-state index is -0.708. The number of nitrogens with zero attached hydrogens (tertiary/aromatic N) is 1. The summed E-state index contributed by atoms with van der Waals surface area (Å²) in [7, 11) is 1.53. The van der Waals surface area contributed by atoms with Crippen LogP contribution in [0.4, 0.5) is 4.79 Å². The lowest BCUT2D eigenvalue weighted by molar-refractivity contribution is -0.132. The fourth-order valence-electron chi connectivity index (χ4n) is 1.83. The molecule has 1 aliphatic heterocycles. The number of piperidine rings is 1. The lowest BCUT2D eigenvalue weighted by Crippen LogP contribution is -2.48. The van der Waals surface area contributed by atoms with Crippen LogP contribution >= 0.6 is 0 Å². The van der Waals surface area contributed by atoms with Crippen molar-refractivity contribution in [1.82, 2.24) is 4.90 Å². The SMILES string of the molecule is CCCCOC(=O)N1CCC(C=O)(OC)CC1. The molecule has 5 heteroatoms. The summed E-state index contributed by atoms with van der Waals surface area (Å²) in [4.78, 5) is 24.2. The minimum Gasteiger partial charge on any atom is -0.449 e. The van der Waals surface area contributed by atoms with E-state index in [1.807, 2.05) is 6.92 Å². The van der Waals surface area contributed by atoms with Crippen molar-refractivity contribution in [2.45, 2.75) is 38.2 Å². The topological polar surface area (TPSA) is 55.8 Å². The average Bonchev–Trinajstić information content (AvgIpc) is 2.39. The van der Waals surface area contributed by atoms with Gasteiger partial charge in [0, 0.05) is 33.0 Å². The first-order valence-corrected chi connectivity index (χ1v) is 6.10. The summed E-state index contributed by atoms with van der Waals surface area (Å²) >= 11 is 0. The molecule has 5 nitrogen and oxygen atoms in total. The van der Waals surface area contributed by atoms with Crippen LogP contribution in [-0.4, -0.2) is 49.7 Å². The Kier molecular flexibility index (Phi) is 5.41. The van der Waals surface area contributed by atoms with E-state index in [2.05, 4.69) is 0 Å². The molecule has 17 heavy (non-hydrogen) atoms. The van der Waals surface area contributed by atoms with Crippen molar-refractivity contribution >= 4 is 12.4 Å². The Morgan fingerprint density at radius 1 is 1.41 bits per heavy atom. The van der Waals surface area contributed by atoms with E-state index in [1.54, 1.807) is 4.90 Å². The molecular formula is C12H21NO4. The van der Waals surface area contributed by atoms with E-state index >= 15 is 0 Å². The van der Waals surface area contributed by atoms with Gasteiger partial charge in [-0.3, -0.25) is 0 Å². The van der Waals surface area contributed by atoms with Crippen LogP contribution < -0.4 is 0 Å². The van der Waals surface area contributed by atoms with E-state index in [1.165, 1.54) is 7.11 Å². The van der Waals surface area contributed by atoms with Crippen LogP contribution in [-0.2, 0) is 14.3 Å². The Balaban J connectivity index is 2.35. The summed E-state index contributed by atoms with van der Waals surface area (Å²) in [5, 5.41) is 0. The van der Waals surface area contributed by atoms with Crippen LogP contribution in [0.3, 0.4) is 0 Å². The standard InChI is InChI=1S/C12H21NO4/c1-3-4-9-17-11(15)13-7-5-12(10-14,16-2)6-8-13/h10H,3-9H2,1-2H3. The first-order valence-electron chi connectivity index (χ1n) is 6.10. The molecule has 0 aromatic heterocycles. The highest BCUT2D eigenvalue weighted by Crippen LogP contribution is 2.23. The van der Waals surface area contributed by atoms with Gasteiger partial charge in [-0.05, 0) is 6.42 Å². The molecule has 1 rings (SSSR count). The predicted molar refractivity (Wildman–Crippen MR) is 62.9 cm³/mol. The molecule has 98 valence electrons. The van der Waals surface area contributed by atoms with Gasteiger partial charge in [0.25, 0.3) is 0 Å². The lowest BCUT2D eigenvalue weighted by atomic mass is 9.93.